The van der Waals surface area contributed by atoms with Crippen LogP contribution in [0.4, 0.5) is 4.79 Å². The Kier molecular flexibility index (Phi) is 5.90. The third-order valence-corrected chi connectivity index (χ3v) is 3.11. The lowest BCUT2D eigenvalue weighted by atomic mass is 9.87. The summed E-state index contributed by atoms with van der Waals surface area (Å²) in [7, 11) is 3.05. The smallest absolute Gasteiger partial charge is 0.413 e. The number of alkyl carbamates (subject to hydrolysis) is 1. The SMILES string of the molecule is COC(=O)NC(=O)CN(C)Cc1ccc(C(C)(C)C)cc1. The van der Waals surface area contributed by atoms with Crippen LogP contribution in [0.2, 0.25) is 0 Å². The average molecular weight is 292 g/mol. The predicted octanol–water partition coefficient (Wildman–Crippen LogP) is 2.30. The number of rotatable bonds is 4. The summed E-state index contributed by atoms with van der Waals surface area (Å²) < 4.78 is 4.38. The van der Waals surface area contributed by atoms with E-state index in [1.807, 2.05) is 11.9 Å². The molecule has 0 aliphatic carbocycles. The molecule has 1 rings (SSSR count). The van der Waals surface area contributed by atoms with Gasteiger partial charge in [0.1, 0.15) is 0 Å². The van der Waals surface area contributed by atoms with Crippen LogP contribution in [0.1, 0.15) is 31.9 Å². The number of carbonyl (C=O) groups is 2. The lowest BCUT2D eigenvalue weighted by Gasteiger charge is -2.20. The highest BCUT2D eigenvalue weighted by Crippen LogP contribution is 2.22. The Morgan fingerprint density at radius 3 is 2.24 bits per heavy atom. The van der Waals surface area contributed by atoms with Gasteiger partial charge in [-0.05, 0) is 23.6 Å². The molecule has 0 bridgehead atoms. The number of hydrogen-bond donors (Lipinski definition) is 1. The molecule has 1 aromatic carbocycles. The van der Waals surface area contributed by atoms with Crippen LogP contribution in [0, 0.1) is 0 Å². The quantitative estimate of drug-likeness (QED) is 0.925. The van der Waals surface area contributed by atoms with Crippen molar-refractivity contribution in [3.63, 3.8) is 0 Å². The van der Waals surface area contributed by atoms with Crippen LogP contribution < -0.4 is 5.32 Å². The fourth-order valence-electron chi connectivity index (χ4n) is 1.93. The number of likely N-dealkylation sites (N-methyl/N-ethyl adjacent to an activating group) is 1. The third kappa shape index (κ3) is 5.95. The Morgan fingerprint density at radius 2 is 1.76 bits per heavy atom. The van der Waals surface area contributed by atoms with Crippen molar-refractivity contribution < 1.29 is 14.3 Å². The van der Waals surface area contributed by atoms with Gasteiger partial charge >= 0.3 is 6.09 Å². The van der Waals surface area contributed by atoms with Crippen molar-refractivity contribution >= 4 is 12.0 Å². The van der Waals surface area contributed by atoms with Gasteiger partial charge in [-0.3, -0.25) is 15.0 Å². The van der Waals surface area contributed by atoms with Crippen molar-refractivity contribution in [2.75, 3.05) is 20.7 Å². The van der Waals surface area contributed by atoms with Gasteiger partial charge in [0.25, 0.3) is 0 Å². The molecule has 0 atom stereocenters. The van der Waals surface area contributed by atoms with E-state index < -0.39 is 6.09 Å². The van der Waals surface area contributed by atoms with Gasteiger partial charge in [-0.1, -0.05) is 45.0 Å². The maximum Gasteiger partial charge on any atom is 0.413 e. The highest BCUT2D eigenvalue weighted by molar-refractivity contribution is 5.92. The highest BCUT2D eigenvalue weighted by atomic mass is 16.5. The van der Waals surface area contributed by atoms with Gasteiger partial charge in [-0.25, -0.2) is 4.79 Å². The van der Waals surface area contributed by atoms with Crippen LogP contribution in [-0.2, 0) is 21.5 Å². The molecule has 0 heterocycles. The minimum Gasteiger partial charge on any atom is -0.453 e. The number of amides is 2. The topological polar surface area (TPSA) is 58.6 Å². The number of nitrogens with zero attached hydrogens (tertiary/aromatic N) is 1. The molecule has 0 aliphatic heterocycles. The second-order valence-electron chi connectivity index (χ2n) is 6.16. The monoisotopic (exact) mass is 292 g/mol. The van der Waals surface area contributed by atoms with Gasteiger partial charge in [0.15, 0.2) is 0 Å². The summed E-state index contributed by atoms with van der Waals surface area (Å²) in [5.74, 6) is -0.379. The first-order valence-electron chi connectivity index (χ1n) is 6.88. The first-order valence-corrected chi connectivity index (χ1v) is 6.88. The Morgan fingerprint density at radius 1 is 1.19 bits per heavy atom. The highest BCUT2D eigenvalue weighted by Gasteiger charge is 2.14. The minimum absolute atomic E-state index is 0.130. The number of imide groups is 1. The summed E-state index contributed by atoms with van der Waals surface area (Å²) in [6.45, 7) is 7.29. The van der Waals surface area contributed by atoms with E-state index in [4.69, 9.17) is 0 Å². The molecular formula is C16H24N2O3. The number of methoxy groups -OCH3 is 1. The second-order valence-corrected chi connectivity index (χ2v) is 6.16. The molecule has 1 aromatic rings. The molecule has 0 radical (unpaired) electrons. The maximum atomic E-state index is 11.5. The fourth-order valence-corrected chi connectivity index (χ4v) is 1.93. The summed E-state index contributed by atoms with van der Waals surface area (Å²) in [6, 6.07) is 8.35. The van der Waals surface area contributed by atoms with E-state index >= 15 is 0 Å². The molecule has 21 heavy (non-hydrogen) atoms. The standard InChI is InChI=1S/C16H24N2O3/c1-16(2,3)13-8-6-12(7-9-13)10-18(4)11-14(19)17-15(20)21-5/h6-9H,10-11H2,1-5H3,(H,17,19,20). The molecular weight excluding hydrogens is 268 g/mol. The van der Waals surface area contributed by atoms with Gasteiger partial charge in [0.05, 0.1) is 13.7 Å². The molecule has 0 fully saturated rings. The molecule has 0 spiro atoms. The molecule has 0 saturated carbocycles. The number of carbonyl (C=O) groups excluding carboxylic acids is 2. The molecule has 2 amide bonds. The number of benzene rings is 1. The molecule has 116 valence electrons. The van der Waals surface area contributed by atoms with Gasteiger partial charge in [0, 0.05) is 6.54 Å². The molecule has 0 saturated heterocycles. The second kappa shape index (κ2) is 7.22. The van der Waals surface area contributed by atoms with Crippen molar-refractivity contribution in [2.24, 2.45) is 0 Å². The van der Waals surface area contributed by atoms with Crippen LogP contribution in [0.15, 0.2) is 24.3 Å². The largest absolute Gasteiger partial charge is 0.453 e. The van der Waals surface area contributed by atoms with Gasteiger partial charge < -0.3 is 4.74 Å². The molecule has 5 heteroatoms. The summed E-state index contributed by atoms with van der Waals surface area (Å²) in [5.41, 5.74) is 2.53. The summed E-state index contributed by atoms with van der Waals surface area (Å²) in [5, 5.41) is 2.13. The molecule has 0 aliphatic rings. The Hall–Kier alpha value is -1.88. The fraction of sp³-hybridized carbons (Fsp3) is 0.500. The van der Waals surface area contributed by atoms with Crippen LogP contribution in [-0.4, -0.2) is 37.6 Å². The Labute approximate surface area is 126 Å². The molecule has 1 N–H and O–H groups in total. The van der Waals surface area contributed by atoms with E-state index in [9.17, 15) is 9.59 Å². The van der Waals surface area contributed by atoms with Gasteiger partial charge in [-0.2, -0.15) is 0 Å². The van der Waals surface area contributed by atoms with E-state index in [1.165, 1.54) is 12.7 Å². The van der Waals surface area contributed by atoms with Crippen molar-refractivity contribution in [1.29, 1.82) is 0 Å². The number of hydrogen-bond acceptors (Lipinski definition) is 4. The van der Waals surface area contributed by atoms with E-state index in [1.54, 1.807) is 0 Å². The maximum absolute atomic E-state index is 11.5. The first-order chi connectivity index (χ1) is 9.72. The van der Waals surface area contributed by atoms with Crippen molar-refractivity contribution in [3.05, 3.63) is 35.4 Å². The molecule has 0 aromatic heterocycles. The van der Waals surface area contributed by atoms with Crippen molar-refractivity contribution in [3.8, 4) is 0 Å². The van der Waals surface area contributed by atoms with Gasteiger partial charge in [0.2, 0.25) is 5.91 Å². The van der Waals surface area contributed by atoms with E-state index in [2.05, 4.69) is 55.1 Å². The van der Waals surface area contributed by atoms with Crippen LogP contribution in [0.3, 0.4) is 0 Å². The Bertz CT molecular complexity index is 489. The summed E-state index contributed by atoms with van der Waals surface area (Å²) in [6.07, 6.45) is -0.733. The summed E-state index contributed by atoms with van der Waals surface area (Å²) in [4.78, 5) is 24.3. The van der Waals surface area contributed by atoms with Crippen molar-refractivity contribution in [1.82, 2.24) is 10.2 Å². The lowest BCUT2D eigenvalue weighted by Crippen LogP contribution is -2.38. The zero-order valence-electron chi connectivity index (χ0n) is 13.4. The number of nitrogens with one attached hydrogen (secondary N) is 1. The normalized spacial score (nSPS) is 11.3. The molecule has 0 unspecified atom stereocenters. The minimum atomic E-state index is -0.733. The lowest BCUT2D eigenvalue weighted by molar-refractivity contribution is -0.121. The van der Waals surface area contributed by atoms with E-state index in [0.717, 1.165) is 5.56 Å². The average Bonchev–Trinajstić information content (AvgIpc) is 2.37. The third-order valence-electron chi connectivity index (χ3n) is 3.11. The van der Waals surface area contributed by atoms with E-state index in [-0.39, 0.29) is 17.9 Å². The van der Waals surface area contributed by atoms with Gasteiger partial charge in [-0.15, -0.1) is 0 Å². The molecule has 5 nitrogen and oxygen atoms in total. The zero-order chi connectivity index (χ0) is 16.0. The van der Waals surface area contributed by atoms with Crippen LogP contribution in [0.25, 0.3) is 0 Å². The van der Waals surface area contributed by atoms with Crippen LogP contribution >= 0.6 is 0 Å². The summed E-state index contributed by atoms with van der Waals surface area (Å²) >= 11 is 0. The van der Waals surface area contributed by atoms with Crippen molar-refractivity contribution in [2.45, 2.75) is 32.7 Å². The zero-order valence-corrected chi connectivity index (χ0v) is 13.4. The first kappa shape index (κ1) is 17.2. The van der Waals surface area contributed by atoms with E-state index in [0.29, 0.717) is 6.54 Å². The number of ether oxygens (including phenoxy) is 1. The Balaban J connectivity index is 2.53. The predicted molar refractivity (Wildman–Crippen MR) is 82.0 cm³/mol. The van der Waals surface area contributed by atoms with Crippen LogP contribution in [0.5, 0.6) is 0 Å².